The van der Waals surface area contributed by atoms with E-state index in [4.69, 9.17) is 19.4 Å². The normalized spacial score (nSPS) is 20.1. The SMILES string of the molecule is COC(=O)N[C@H](C(=O)N1C[Si](C)(C)C[C@H]1c1nc2ccc3cc(-c4ccc(-c5cnc([C@@H]6CCCN6C(=O)[C@@H](NC(=O)OC)C6CC6)[nH]5)cc4)ccc3c2[nH]1)C(C)C. The molecule has 0 spiro atoms. The molecule has 0 radical (unpaired) electrons. The molecule has 4 N–H and O–H groups in total. The van der Waals surface area contributed by atoms with Crippen LogP contribution in [0, 0.1) is 11.8 Å². The Kier molecular flexibility index (Phi) is 10.5. The van der Waals surface area contributed by atoms with Crippen molar-refractivity contribution in [3.63, 3.8) is 0 Å². The second-order valence-electron chi connectivity index (χ2n) is 17.1. The second kappa shape index (κ2) is 15.6. The third kappa shape index (κ3) is 7.66. The van der Waals surface area contributed by atoms with Gasteiger partial charge in [-0.3, -0.25) is 9.59 Å². The van der Waals surface area contributed by atoms with E-state index in [1.54, 1.807) is 0 Å². The number of rotatable bonds is 10. The lowest BCUT2D eigenvalue weighted by molar-refractivity contribution is -0.135. The molecule has 3 fully saturated rings. The highest BCUT2D eigenvalue weighted by atomic mass is 28.3. The van der Waals surface area contributed by atoms with Crippen LogP contribution in [0.25, 0.3) is 44.2 Å². The maximum Gasteiger partial charge on any atom is 0.407 e. The lowest BCUT2D eigenvalue weighted by atomic mass is 9.99. The predicted octanol–water partition coefficient (Wildman–Crippen LogP) is 7.08. The fraction of sp³-hybridized carbons (Fsp3) is 0.442. The zero-order valence-corrected chi connectivity index (χ0v) is 34.9. The van der Waals surface area contributed by atoms with Crippen LogP contribution < -0.4 is 10.6 Å². The lowest BCUT2D eigenvalue weighted by Gasteiger charge is -2.30. The first-order chi connectivity index (χ1) is 27.8. The van der Waals surface area contributed by atoms with Crippen molar-refractivity contribution in [1.82, 2.24) is 40.4 Å². The topological polar surface area (TPSA) is 175 Å². The Balaban J connectivity index is 0.995. The van der Waals surface area contributed by atoms with Gasteiger partial charge in [0.2, 0.25) is 11.8 Å². The van der Waals surface area contributed by atoms with Gasteiger partial charge in [0.05, 0.1) is 57.3 Å². The molecular weight excluding hydrogens is 753 g/mol. The molecule has 3 aromatic carbocycles. The summed E-state index contributed by atoms with van der Waals surface area (Å²) in [5.74, 6) is 1.35. The van der Waals surface area contributed by atoms with Crippen LogP contribution in [-0.4, -0.2) is 101 Å². The van der Waals surface area contributed by atoms with Crippen molar-refractivity contribution < 1.29 is 28.7 Å². The van der Waals surface area contributed by atoms with Gasteiger partial charge in [-0.05, 0) is 77.8 Å². The molecule has 0 bridgehead atoms. The summed E-state index contributed by atoms with van der Waals surface area (Å²) >= 11 is 0. The molecule has 0 unspecified atom stereocenters. The Bertz CT molecular complexity index is 2370. The molecule has 58 heavy (non-hydrogen) atoms. The number of likely N-dealkylation sites (tertiary alicyclic amines) is 1. The third-order valence-electron chi connectivity index (χ3n) is 12.0. The fourth-order valence-electron chi connectivity index (χ4n) is 8.77. The van der Waals surface area contributed by atoms with E-state index in [0.29, 0.717) is 12.7 Å². The summed E-state index contributed by atoms with van der Waals surface area (Å²) < 4.78 is 9.62. The van der Waals surface area contributed by atoms with Gasteiger partial charge in [-0.2, -0.15) is 0 Å². The number of aromatic nitrogens is 4. The van der Waals surface area contributed by atoms with Crippen molar-refractivity contribution in [1.29, 1.82) is 0 Å². The fourth-order valence-corrected chi connectivity index (χ4v) is 11.7. The molecule has 4 heterocycles. The number of hydrogen-bond donors (Lipinski definition) is 4. The molecular formula is C43H52N8O6Si. The van der Waals surface area contributed by atoms with E-state index in [1.165, 1.54) is 14.2 Å². The van der Waals surface area contributed by atoms with Crippen LogP contribution in [0.4, 0.5) is 9.59 Å². The second-order valence-corrected chi connectivity index (χ2v) is 22.2. The number of alkyl carbamates (subject to hydrolysis) is 2. The molecule has 4 amide bonds. The highest BCUT2D eigenvalue weighted by molar-refractivity contribution is 6.78. The van der Waals surface area contributed by atoms with E-state index in [0.717, 1.165) is 87.6 Å². The number of hydrogen-bond acceptors (Lipinski definition) is 8. The number of H-pyrrole nitrogens is 2. The first kappa shape index (κ1) is 39.1. The molecule has 2 saturated heterocycles. The standard InChI is InChI=1S/C43H52N8O6Si/c1-24(2)35(48-42(54)56-3)40(52)51-23-58(5,6)22-34(51)39-45-31-18-16-29-20-28(15-17-30(29)37(31)47-39)25-9-11-26(12-10-25)32-21-44-38(46-32)33-8-7-19-50(33)41(53)36(27-13-14-27)49-43(55)57-4/h9-12,15-18,20-21,24,27,33-36H,7-8,13-14,19,22-23H2,1-6H3,(H,44,46)(H,45,47)(H,48,54)(H,49,55)/t33-,34-,35-,36-/m0/s1. The Morgan fingerprint density at radius 1 is 0.810 bits per heavy atom. The number of amides is 4. The molecule has 2 aliphatic heterocycles. The van der Waals surface area contributed by atoms with Crippen LogP contribution >= 0.6 is 0 Å². The van der Waals surface area contributed by atoms with Gasteiger partial charge in [0.15, 0.2) is 0 Å². The smallest absolute Gasteiger partial charge is 0.407 e. The first-order valence-electron chi connectivity index (χ1n) is 20.2. The van der Waals surface area contributed by atoms with Gasteiger partial charge >= 0.3 is 12.2 Å². The van der Waals surface area contributed by atoms with Gasteiger partial charge in [-0.25, -0.2) is 19.6 Å². The maximum absolute atomic E-state index is 14.0. The van der Waals surface area contributed by atoms with Crippen molar-refractivity contribution in [3.8, 4) is 22.4 Å². The minimum absolute atomic E-state index is 0.0779. The van der Waals surface area contributed by atoms with Crippen LogP contribution in [0.2, 0.25) is 19.1 Å². The molecule has 1 saturated carbocycles. The Hall–Kier alpha value is -5.70. The van der Waals surface area contributed by atoms with Crippen molar-refractivity contribution in [3.05, 3.63) is 72.4 Å². The van der Waals surface area contributed by atoms with Gasteiger partial charge in [0.1, 0.15) is 23.7 Å². The van der Waals surface area contributed by atoms with E-state index >= 15 is 0 Å². The number of carbonyl (C=O) groups is 4. The molecule has 4 atom stereocenters. The monoisotopic (exact) mass is 804 g/mol. The van der Waals surface area contributed by atoms with Crippen LogP contribution in [0.5, 0.6) is 0 Å². The van der Waals surface area contributed by atoms with E-state index in [1.807, 2.05) is 35.9 Å². The number of fused-ring (bicyclic) bond motifs is 3. The quantitative estimate of drug-likeness (QED) is 0.108. The number of benzene rings is 3. The van der Waals surface area contributed by atoms with Crippen LogP contribution in [-0.2, 0) is 19.1 Å². The average molecular weight is 805 g/mol. The van der Waals surface area contributed by atoms with E-state index in [2.05, 4.69) is 82.2 Å². The molecule has 304 valence electrons. The van der Waals surface area contributed by atoms with Crippen molar-refractivity contribution in [2.24, 2.45) is 11.8 Å². The van der Waals surface area contributed by atoms with E-state index in [-0.39, 0.29) is 35.7 Å². The van der Waals surface area contributed by atoms with Crippen molar-refractivity contribution in [2.45, 2.75) is 82.8 Å². The molecule has 8 rings (SSSR count). The van der Waals surface area contributed by atoms with Crippen LogP contribution in [0.1, 0.15) is 63.3 Å². The number of nitrogens with zero attached hydrogens (tertiary/aromatic N) is 4. The van der Waals surface area contributed by atoms with Gasteiger partial charge in [-0.15, -0.1) is 0 Å². The summed E-state index contributed by atoms with van der Waals surface area (Å²) in [6, 6.07) is 18.1. The summed E-state index contributed by atoms with van der Waals surface area (Å²) in [7, 11) is 0.845. The number of methoxy groups -OCH3 is 2. The van der Waals surface area contributed by atoms with Gasteiger partial charge in [-0.1, -0.05) is 69.4 Å². The van der Waals surface area contributed by atoms with Gasteiger partial charge in [0, 0.05) is 18.1 Å². The summed E-state index contributed by atoms with van der Waals surface area (Å²) in [6.45, 7) is 9.05. The third-order valence-corrected chi connectivity index (χ3v) is 14.7. The summed E-state index contributed by atoms with van der Waals surface area (Å²) in [5.41, 5.74) is 5.78. The number of carbonyl (C=O) groups excluding carboxylic acids is 4. The lowest BCUT2D eigenvalue weighted by Crippen LogP contribution is -2.52. The molecule has 14 nitrogen and oxygen atoms in total. The van der Waals surface area contributed by atoms with Gasteiger partial charge in [0.25, 0.3) is 0 Å². The van der Waals surface area contributed by atoms with Crippen LogP contribution in [0.3, 0.4) is 0 Å². The Morgan fingerprint density at radius 2 is 1.52 bits per heavy atom. The highest BCUT2D eigenvalue weighted by Crippen LogP contribution is 2.40. The molecule has 2 aromatic heterocycles. The molecule has 15 heteroatoms. The van der Waals surface area contributed by atoms with Crippen molar-refractivity contribution in [2.75, 3.05) is 26.9 Å². The van der Waals surface area contributed by atoms with Crippen LogP contribution in [0.15, 0.2) is 60.8 Å². The van der Waals surface area contributed by atoms with Gasteiger partial charge < -0.3 is 39.9 Å². The maximum atomic E-state index is 14.0. The zero-order valence-electron chi connectivity index (χ0n) is 33.9. The minimum Gasteiger partial charge on any atom is -0.453 e. The summed E-state index contributed by atoms with van der Waals surface area (Å²) in [4.78, 5) is 72.4. The number of nitrogens with one attached hydrogen (secondary N) is 4. The van der Waals surface area contributed by atoms with E-state index < -0.39 is 32.3 Å². The number of ether oxygens (including phenoxy) is 2. The molecule has 5 aromatic rings. The largest absolute Gasteiger partial charge is 0.453 e. The number of aromatic amines is 2. The Morgan fingerprint density at radius 3 is 2.22 bits per heavy atom. The summed E-state index contributed by atoms with van der Waals surface area (Å²) in [5, 5.41) is 7.64. The average Bonchev–Trinajstić information content (AvgIpc) is 3.56. The van der Waals surface area contributed by atoms with Crippen molar-refractivity contribution >= 4 is 53.9 Å². The summed E-state index contributed by atoms with van der Waals surface area (Å²) in [6.07, 6.45) is 4.80. The highest BCUT2D eigenvalue weighted by Gasteiger charge is 2.46. The Labute approximate surface area is 338 Å². The van der Waals surface area contributed by atoms with E-state index in [9.17, 15) is 19.2 Å². The molecule has 3 aliphatic rings. The number of imidazole rings is 2. The predicted molar refractivity (Wildman–Crippen MR) is 223 cm³/mol. The first-order valence-corrected chi connectivity index (χ1v) is 23.6. The molecule has 1 aliphatic carbocycles. The zero-order chi connectivity index (χ0) is 40.9. The minimum atomic E-state index is -1.77.